The second kappa shape index (κ2) is 7.69. The van der Waals surface area contributed by atoms with Crippen molar-refractivity contribution in [2.24, 2.45) is 0 Å². The van der Waals surface area contributed by atoms with Gasteiger partial charge in [-0.15, -0.1) is 0 Å². The second-order valence-electron chi connectivity index (χ2n) is 6.06. The summed E-state index contributed by atoms with van der Waals surface area (Å²) in [5, 5.41) is 2.63. The number of anilines is 1. The van der Waals surface area contributed by atoms with Crippen molar-refractivity contribution in [1.82, 2.24) is 9.97 Å². The number of esters is 1. The van der Waals surface area contributed by atoms with E-state index in [0.29, 0.717) is 16.7 Å². The van der Waals surface area contributed by atoms with Crippen LogP contribution in [0.1, 0.15) is 24.8 Å². The molecule has 0 radical (unpaired) electrons. The Morgan fingerprint density at radius 2 is 1.81 bits per heavy atom. The molecule has 26 heavy (non-hydrogen) atoms. The van der Waals surface area contributed by atoms with Crippen LogP contribution in [0, 0.1) is 0 Å². The molecule has 1 atom stereocenters. The fourth-order valence-corrected chi connectivity index (χ4v) is 2.66. The molecule has 0 aliphatic rings. The lowest BCUT2D eigenvalue weighted by atomic mass is 9.98. The number of fused-ring (bicyclic) bond motifs is 1. The number of carbonyl (C=O) groups is 2. The predicted molar refractivity (Wildman–Crippen MR) is 98.0 cm³/mol. The van der Waals surface area contributed by atoms with E-state index in [4.69, 9.17) is 4.74 Å². The van der Waals surface area contributed by atoms with E-state index in [1.54, 1.807) is 18.2 Å². The summed E-state index contributed by atoms with van der Waals surface area (Å²) in [7, 11) is 0. The van der Waals surface area contributed by atoms with Crippen LogP contribution in [0.3, 0.4) is 0 Å². The van der Waals surface area contributed by atoms with Crippen molar-refractivity contribution in [3.8, 4) is 0 Å². The van der Waals surface area contributed by atoms with E-state index in [-0.39, 0.29) is 24.6 Å². The quantitative estimate of drug-likeness (QED) is 0.592. The molecule has 134 valence electrons. The number of aromatic amines is 2. The van der Waals surface area contributed by atoms with Crippen LogP contribution in [0.25, 0.3) is 11.0 Å². The van der Waals surface area contributed by atoms with E-state index >= 15 is 0 Å². The Hall–Kier alpha value is -3.35. The molecule has 0 aliphatic heterocycles. The van der Waals surface area contributed by atoms with Crippen molar-refractivity contribution < 1.29 is 14.3 Å². The highest BCUT2D eigenvalue weighted by atomic mass is 16.5. The van der Waals surface area contributed by atoms with Crippen LogP contribution < -0.4 is 11.0 Å². The Balaban J connectivity index is 1.49. The number of imidazole rings is 1. The summed E-state index contributed by atoms with van der Waals surface area (Å²) in [6.07, 6.45) is 0.202. The molecule has 0 bridgehead atoms. The van der Waals surface area contributed by atoms with Crippen molar-refractivity contribution in [3.63, 3.8) is 0 Å². The Morgan fingerprint density at radius 1 is 1.08 bits per heavy atom. The van der Waals surface area contributed by atoms with Gasteiger partial charge < -0.3 is 20.0 Å². The van der Waals surface area contributed by atoms with Crippen LogP contribution in [-0.2, 0) is 14.3 Å². The number of hydrogen-bond donors (Lipinski definition) is 3. The molecule has 1 unspecified atom stereocenters. The molecule has 0 saturated carbocycles. The smallest absolute Gasteiger partial charge is 0.323 e. The number of ether oxygens (including phenoxy) is 1. The number of amides is 1. The topological polar surface area (TPSA) is 104 Å². The molecule has 2 aromatic carbocycles. The molecule has 7 nitrogen and oxygen atoms in total. The van der Waals surface area contributed by atoms with Crippen LogP contribution in [0.4, 0.5) is 5.69 Å². The third kappa shape index (κ3) is 4.38. The minimum absolute atomic E-state index is 0.0135. The fourth-order valence-electron chi connectivity index (χ4n) is 2.66. The maximum Gasteiger partial charge on any atom is 0.323 e. The van der Waals surface area contributed by atoms with Crippen molar-refractivity contribution in [3.05, 3.63) is 64.6 Å². The molecule has 3 aromatic rings. The van der Waals surface area contributed by atoms with Crippen LogP contribution in [-0.4, -0.2) is 28.5 Å². The zero-order chi connectivity index (χ0) is 18.5. The average Bonchev–Trinajstić information content (AvgIpc) is 3.00. The van der Waals surface area contributed by atoms with Gasteiger partial charge in [0.1, 0.15) is 0 Å². The zero-order valence-corrected chi connectivity index (χ0v) is 14.2. The largest absolute Gasteiger partial charge is 0.456 e. The first kappa shape index (κ1) is 17.5. The Bertz CT molecular complexity index is 975. The van der Waals surface area contributed by atoms with Gasteiger partial charge in [-0.3, -0.25) is 9.59 Å². The average molecular weight is 353 g/mol. The summed E-state index contributed by atoms with van der Waals surface area (Å²) in [4.78, 5) is 40.3. The first-order valence-electron chi connectivity index (χ1n) is 8.24. The van der Waals surface area contributed by atoms with E-state index in [2.05, 4.69) is 15.3 Å². The maximum absolute atomic E-state index is 11.9. The number of aromatic nitrogens is 2. The number of rotatable bonds is 6. The normalized spacial score (nSPS) is 11.9. The molecule has 3 N–H and O–H groups in total. The molecule has 0 spiro atoms. The Morgan fingerprint density at radius 3 is 2.58 bits per heavy atom. The highest BCUT2D eigenvalue weighted by Crippen LogP contribution is 2.19. The van der Waals surface area contributed by atoms with Crippen LogP contribution in [0.15, 0.2) is 53.3 Å². The molecule has 1 aromatic heterocycles. The van der Waals surface area contributed by atoms with E-state index in [1.807, 2.05) is 37.3 Å². The molecule has 0 saturated heterocycles. The number of carbonyl (C=O) groups excluding carboxylic acids is 2. The molecule has 1 heterocycles. The fraction of sp³-hybridized carbons (Fsp3) is 0.211. The highest BCUT2D eigenvalue weighted by molar-refractivity contribution is 5.94. The minimum Gasteiger partial charge on any atom is -0.456 e. The monoisotopic (exact) mass is 353 g/mol. The third-order valence-corrected chi connectivity index (χ3v) is 4.01. The third-order valence-electron chi connectivity index (χ3n) is 4.01. The minimum atomic E-state index is -0.442. The van der Waals surface area contributed by atoms with Crippen molar-refractivity contribution in [1.29, 1.82) is 0 Å². The van der Waals surface area contributed by atoms with Crippen LogP contribution in [0.5, 0.6) is 0 Å². The molecule has 1 amide bonds. The summed E-state index contributed by atoms with van der Waals surface area (Å²) in [6, 6.07) is 14.6. The maximum atomic E-state index is 11.9. The van der Waals surface area contributed by atoms with Crippen molar-refractivity contribution >= 4 is 28.6 Å². The number of hydrogen-bond acceptors (Lipinski definition) is 4. The molecule has 0 aliphatic carbocycles. The van der Waals surface area contributed by atoms with E-state index < -0.39 is 11.9 Å². The molecular weight excluding hydrogens is 334 g/mol. The van der Waals surface area contributed by atoms with Gasteiger partial charge in [0.25, 0.3) is 5.91 Å². The zero-order valence-electron chi connectivity index (χ0n) is 14.2. The number of nitrogens with one attached hydrogen (secondary N) is 3. The molecule has 0 fully saturated rings. The highest BCUT2D eigenvalue weighted by Gasteiger charge is 2.14. The van der Waals surface area contributed by atoms with Gasteiger partial charge in [0.05, 0.1) is 17.5 Å². The van der Waals surface area contributed by atoms with Gasteiger partial charge in [-0.1, -0.05) is 37.3 Å². The summed E-state index contributed by atoms with van der Waals surface area (Å²) >= 11 is 0. The molecular formula is C19H19N3O4. The van der Waals surface area contributed by atoms with Crippen molar-refractivity contribution in [2.45, 2.75) is 19.3 Å². The summed E-state index contributed by atoms with van der Waals surface area (Å²) in [5.74, 6) is -0.857. The van der Waals surface area contributed by atoms with Crippen LogP contribution >= 0.6 is 0 Å². The van der Waals surface area contributed by atoms with Gasteiger partial charge in [0.2, 0.25) is 0 Å². The van der Waals surface area contributed by atoms with Crippen molar-refractivity contribution in [2.75, 3.05) is 11.9 Å². The van der Waals surface area contributed by atoms with E-state index in [1.165, 1.54) is 0 Å². The van der Waals surface area contributed by atoms with Gasteiger partial charge in [0, 0.05) is 5.69 Å². The lowest BCUT2D eigenvalue weighted by molar-refractivity contribution is -0.147. The summed E-state index contributed by atoms with van der Waals surface area (Å²) in [6.45, 7) is 1.57. The lowest BCUT2D eigenvalue weighted by Gasteiger charge is -2.11. The SMILES string of the molecule is CC(CC(=O)OCC(=O)Nc1ccc2[nH]c(=O)[nH]c2c1)c1ccccc1. The van der Waals surface area contributed by atoms with E-state index in [9.17, 15) is 14.4 Å². The lowest BCUT2D eigenvalue weighted by Crippen LogP contribution is -2.21. The number of H-pyrrole nitrogens is 2. The first-order chi connectivity index (χ1) is 12.5. The first-order valence-corrected chi connectivity index (χ1v) is 8.24. The second-order valence-corrected chi connectivity index (χ2v) is 6.06. The summed E-state index contributed by atoms with van der Waals surface area (Å²) < 4.78 is 5.04. The standard InChI is InChI=1S/C19H19N3O4/c1-12(13-5-3-2-4-6-13)9-18(24)26-11-17(23)20-14-7-8-15-16(10-14)22-19(25)21-15/h2-8,10,12H,9,11H2,1H3,(H,20,23)(H2,21,22,25). The van der Waals surface area contributed by atoms with E-state index in [0.717, 1.165) is 5.56 Å². The summed E-state index contributed by atoms with van der Waals surface area (Å²) in [5.41, 5.74) is 2.47. The Labute approximate surface area is 149 Å². The van der Waals surface area contributed by atoms with Gasteiger partial charge in [0.15, 0.2) is 6.61 Å². The van der Waals surface area contributed by atoms with Gasteiger partial charge >= 0.3 is 11.7 Å². The number of benzene rings is 2. The Kier molecular flexibility index (Phi) is 5.17. The van der Waals surface area contributed by atoms with Gasteiger partial charge in [-0.05, 0) is 29.7 Å². The van der Waals surface area contributed by atoms with Crippen LogP contribution in [0.2, 0.25) is 0 Å². The molecule has 7 heteroatoms. The van der Waals surface area contributed by atoms with Gasteiger partial charge in [-0.25, -0.2) is 4.79 Å². The van der Waals surface area contributed by atoms with Gasteiger partial charge in [-0.2, -0.15) is 0 Å². The predicted octanol–water partition coefficient (Wildman–Crippen LogP) is 2.53. The molecule has 3 rings (SSSR count).